The van der Waals surface area contributed by atoms with Gasteiger partial charge in [0, 0.05) is 19.6 Å². The van der Waals surface area contributed by atoms with E-state index in [0.29, 0.717) is 26.2 Å². The molecule has 0 aromatic heterocycles. The number of cyclic esters (lactones) is 1. The Kier molecular flexibility index (Phi) is 5.63. The number of hydrogen-bond acceptors (Lipinski definition) is 6. The first-order chi connectivity index (χ1) is 12.5. The van der Waals surface area contributed by atoms with Gasteiger partial charge in [-0.25, -0.2) is 4.79 Å². The van der Waals surface area contributed by atoms with Crippen LogP contribution in [0.3, 0.4) is 0 Å². The van der Waals surface area contributed by atoms with E-state index in [0.717, 1.165) is 11.3 Å². The number of hydrogen-bond donors (Lipinski definition) is 1. The molecule has 8 nitrogen and oxygen atoms in total. The van der Waals surface area contributed by atoms with Gasteiger partial charge in [-0.2, -0.15) is 0 Å². The number of rotatable bonds is 6. The second kappa shape index (κ2) is 7.92. The third kappa shape index (κ3) is 4.08. The summed E-state index contributed by atoms with van der Waals surface area (Å²) >= 11 is 0. The first-order valence-electron chi connectivity index (χ1n) is 8.68. The average molecular weight is 363 g/mol. The highest BCUT2D eigenvalue weighted by molar-refractivity contribution is 5.83. The monoisotopic (exact) mass is 363 g/mol. The number of likely N-dealkylation sites (N-methyl/N-ethyl adjacent to an activating group) is 1. The lowest BCUT2D eigenvalue weighted by Gasteiger charge is -2.26. The van der Waals surface area contributed by atoms with Crippen LogP contribution in [0.5, 0.6) is 5.75 Å². The van der Waals surface area contributed by atoms with E-state index in [-0.39, 0.29) is 25.0 Å². The molecule has 3 rings (SSSR count). The van der Waals surface area contributed by atoms with Gasteiger partial charge in [-0.1, -0.05) is 12.1 Å². The van der Waals surface area contributed by atoms with Crippen LogP contribution >= 0.6 is 0 Å². The van der Waals surface area contributed by atoms with Crippen molar-refractivity contribution < 1.29 is 24.2 Å². The minimum atomic E-state index is -0.625. The summed E-state index contributed by atoms with van der Waals surface area (Å²) in [6.45, 7) is 2.09. The Morgan fingerprint density at radius 2 is 2.23 bits per heavy atom. The van der Waals surface area contributed by atoms with Crippen molar-refractivity contribution >= 4 is 12.0 Å². The van der Waals surface area contributed by atoms with E-state index in [1.54, 1.807) is 12.0 Å². The predicted octanol–water partition coefficient (Wildman–Crippen LogP) is 0.151. The maximum absolute atomic E-state index is 12.4. The van der Waals surface area contributed by atoms with Crippen molar-refractivity contribution in [3.8, 4) is 5.75 Å². The quantitative estimate of drug-likeness (QED) is 0.775. The average Bonchev–Trinajstić information content (AvgIpc) is 3.21. The molecule has 1 aromatic rings. The molecule has 2 atom stereocenters. The number of β-amino-alcohol motifs (C(OH)–C–C–N with tert-alkyl or cyclic N) is 1. The van der Waals surface area contributed by atoms with Gasteiger partial charge in [0.1, 0.15) is 18.9 Å². The number of nitrogens with zero attached hydrogens (tertiary/aromatic N) is 3. The lowest BCUT2D eigenvalue weighted by molar-refractivity contribution is -0.131. The van der Waals surface area contributed by atoms with Crippen molar-refractivity contribution in [1.82, 2.24) is 14.7 Å². The molecule has 2 fully saturated rings. The van der Waals surface area contributed by atoms with Crippen LogP contribution in [0.15, 0.2) is 24.3 Å². The van der Waals surface area contributed by atoms with Crippen molar-refractivity contribution in [2.75, 3.05) is 46.9 Å². The normalized spacial score (nSPS) is 22.8. The van der Waals surface area contributed by atoms with Crippen LogP contribution in [0.4, 0.5) is 4.79 Å². The van der Waals surface area contributed by atoms with Gasteiger partial charge in [0.25, 0.3) is 0 Å². The fourth-order valence-corrected chi connectivity index (χ4v) is 3.41. The molecule has 0 unspecified atom stereocenters. The predicted molar refractivity (Wildman–Crippen MR) is 93.8 cm³/mol. The van der Waals surface area contributed by atoms with Crippen LogP contribution in [0.2, 0.25) is 0 Å². The molecule has 142 valence electrons. The second-order valence-corrected chi connectivity index (χ2v) is 6.74. The first kappa shape index (κ1) is 18.5. The van der Waals surface area contributed by atoms with Gasteiger partial charge >= 0.3 is 6.09 Å². The Labute approximate surface area is 152 Å². The highest BCUT2D eigenvalue weighted by atomic mass is 16.6. The number of aliphatic hydroxyl groups excluding tert-OH is 1. The molecule has 0 saturated carbocycles. The van der Waals surface area contributed by atoms with Crippen molar-refractivity contribution in [1.29, 1.82) is 0 Å². The molecule has 2 aliphatic rings. The van der Waals surface area contributed by atoms with Crippen molar-refractivity contribution in [2.45, 2.75) is 18.7 Å². The minimum absolute atomic E-state index is 0.00211. The largest absolute Gasteiger partial charge is 0.497 e. The molecule has 2 heterocycles. The first-order valence-corrected chi connectivity index (χ1v) is 8.68. The van der Waals surface area contributed by atoms with E-state index in [4.69, 9.17) is 9.47 Å². The van der Waals surface area contributed by atoms with Crippen LogP contribution in [0.1, 0.15) is 5.56 Å². The molecule has 0 bridgehead atoms. The van der Waals surface area contributed by atoms with Crippen LogP contribution in [0.25, 0.3) is 0 Å². The number of carbonyl (C=O) groups excluding carboxylic acids is 2. The Bertz CT molecular complexity index is 668. The number of carbonyl (C=O) groups is 2. The van der Waals surface area contributed by atoms with Crippen LogP contribution in [-0.4, -0.2) is 90.9 Å². The van der Waals surface area contributed by atoms with Crippen LogP contribution < -0.4 is 4.74 Å². The molecule has 2 amide bonds. The lowest BCUT2D eigenvalue weighted by Crippen LogP contribution is -2.42. The van der Waals surface area contributed by atoms with Gasteiger partial charge in [-0.15, -0.1) is 0 Å². The Morgan fingerprint density at radius 3 is 2.92 bits per heavy atom. The molecule has 8 heteroatoms. The highest BCUT2D eigenvalue weighted by Crippen LogP contribution is 2.20. The molecule has 0 aliphatic carbocycles. The van der Waals surface area contributed by atoms with Gasteiger partial charge in [0.2, 0.25) is 5.91 Å². The van der Waals surface area contributed by atoms with E-state index >= 15 is 0 Å². The zero-order valence-electron chi connectivity index (χ0n) is 15.1. The Balaban J connectivity index is 1.57. The fourth-order valence-electron chi connectivity index (χ4n) is 3.41. The van der Waals surface area contributed by atoms with Crippen molar-refractivity contribution in [2.24, 2.45) is 0 Å². The summed E-state index contributed by atoms with van der Waals surface area (Å²) in [5.74, 6) is 0.623. The zero-order chi connectivity index (χ0) is 18.7. The van der Waals surface area contributed by atoms with E-state index in [1.165, 1.54) is 4.90 Å². The molecule has 2 aliphatic heterocycles. The topological polar surface area (TPSA) is 82.5 Å². The molecule has 2 saturated heterocycles. The molecule has 0 spiro atoms. The summed E-state index contributed by atoms with van der Waals surface area (Å²) in [4.78, 5) is 29.0. The number of amides is 2. The maximum atomic E-state index is 12.4. The molecule has 26 heavy (non-hydrogen) atoms. The second-order valence-electron chi connectivity index (χ2n) is 6.74. The van der Waals surface area contributed by atoms with Gasteiger partial charge in [-0.05, 0) is 24.7 Å². The molecular weight excluding hydrogens is 338 g/mol. The smallest absolute Gasteiger partial charge is 0.410 e. The fraction of sp³-hybridized carbons (Fsp3) is 0.556. The molecular formula is C18H25N3O5. The van der Waals surface area contributed by atoms with Gasteiger partial charge < -0.3 is 19.5 Å². The van der Waals surface area contributed by atoms with E-state index in [2.05, 4.69) is 0 Å². The minimum Gasteiger partial charge on any atom is -0.497 e. The summed E-state index contributed by atoms with van der Waals surface area (Å²) < 4.78 is 10.1. The molecule has 1 aromatic carbocycles. The van der Waals surface area contributed by atoms with E-state index < -0.39 is 12.2 Å². The molecule has 0 radical (unpaired) electrons. The van der Waals surface area contributed by atoms with E-state index in [9.17, 15) is 14.7 Å². The molecule has 1 N–H and O–H groups in total. The van der Waals surface area contributed by atoms with Crippen LogP contribution in [-0.2, 0) is 16.1 Å². The SMILES string of the molecule is COc1cccc(CN(C)[C@H]2CN(C(=O)CN3CCOC3=O)C[C@@H]2O)c1. The third-order valence-electron chi connectivity index (χ3n) is 4.92. The van der Waals surface area contributed by atoms with Crippen LogP contribution in [0, 0.1) is 0 Å². The van der Waals surface area contributed by atoms with Crippen molar-refractivity contribution in [3.63, 3.8) is 0 Å². The standard InChI is InChI=1S/C18H25N3O5/c1-19(9-13-4-3-5-14(8-13)25-2)15-10-21(11-16(15)22)17(23)12-20-6-7-26-18(20)24/h3-5,8,15-16,22H,6-7,9-12H2,1-2H3/t15-,16-/m0/s1. The highest BCUT2D eigenvalue weighted by Gasteiger charge is 2.37. The maximum Gasteiger partial charge on any atom is 0.410 e. The summed E-state index contributed by atoms with van der Waals surface area (Å²) in [7, 11) is 3.56. The number of benzene rings is 1. The van der Waals surface area contributed by atoms with Gasteiger partial charge in [0.05, 0.1) is 25.8 Å². The van der Waals surface area contributed by atoms with Gasteiger partial charge in [-0.3, -0.25) is 14.6 Å². The zero-order valence-corrected chi connectivity index (χ0v) is 15.1. The van der Waals surface area contributed by atoms with E-state index in [1.807, 2.05) is 36.2 Å². The number of ether oxygens (including phenoxy) is 2. The summed E-state index contributed by atoms with van der Waals surface area (Å²) in [5.41, 5.74) is 1.07. The summed E-state index contributed by atoms with van der Waals surface area (Å²) in [6, 6.07) is 7.62. The lowest BCUT2D eigenvalue weighted by atomic mass is 10.1. The number of methoxy groups -OCH3 is 1. The van der Waals surface area contributed by atoms with Gasteiger partial charge in [0.15, 0.2) is 0 Å². The number of aliphatic hydroxyl groups is 1. The third-order valence-corrected chi connectivity index (χ3v) is 4.92. The number of likely N-dealkylation sites (tertiary alicyclic amines) is 1. The summed E-state index contributed by atoms with van der Waals surface area (Å²) in [5, 5.41) is 10.4. The Morgan fingerprint density at radius 1 is 1.42 bits per heavy atom. The Hall–Kier alpha value is -2.32. The van der Waals surface area contributed by atoms with Crippen molar-refractivity contribution in [3.05, 3.63) is 29.8 Å². The summed E-state index contributed by atoms with van der Waals surface area (Å²) in [6.07, 6.45) is -1.08.